The first-order valence-corrected chi connectivity index (χ1v) is 41.8. The molecule has 0 spiro atoms. The van der Waals surface area contributed by atoms with Gasteiger partial charge >= 0.3 is 39.5 Å². The number of carbonyl (C=O) groups is 4. The predicted octanol–water partition coefficient (Wildman–Crippen LogP) is 22.2. The molecular weight excluding hydrogens is 1280 g/mol. The number of esters is 4. The molecule has 5 atom stereocenters. The van der Waals surface area contributed by atoms with Crippen molar-refractivity contribution < 1.29 is 80.2 Å². The fraction of sp³-hybridized carbons (Fsp3) is 0.772. The summed E-state index contributed by atoms with van der Waals surface area (Å²) in [4.78, 5) is 72.8. The summed E-state index contributed by atoms with van der Waals surface area (Å²) in [6, 6.07) is 0. The molecule has 0 aliphatic heterocycles. The fourth-order valence-corrected chi connectivity index (χ4v) is 11.9. The third kappa shape index (κ3) is 70.7. The van der Waals surface area contributed by atoms with Crippen molar-refractivity contribution in [2.45, 2.75) is 354 Å². The number of hydrogen-bond acceptors (Lipinski definition) is 15. The molecule has 0 aromatic carbocycles. The van der Waals surface area contributed by atoms with Crippen LogP contribution in [0.15, 0.2) is 85.1 Å². The predicted molar refractivity (Wildman–Crippen MR) is 399 cm³/mol. The summed E-state index contributed by atoms with van der Waals surface area (Å²) < 4.78 is 68.4. The van der Waals surface area contributed by atoms with Gasteiger partial charge in [0.2, 0.25) is 0 Å². The van der Waals surface area contributed by atoms with Crippen LogP contribution in [-0.4, -0.2) is 96.7 Å². The van der Waals surface area contributed by atoms with Crippen molar-refractivity contribution in [2.24, 2.45) is 0 Å². The average Bonchev–Trinajstić information content (AvgIpc) is 0.962. The fourth-order valence-electron chi connectivity index (χ4n) is 10.4. The third-order valence-electron chi connectivity index (χ3n) is 16.3. The van der Waals surface area contributed by atoms with Crippen LogP contribution in [0.4, 0.5) is 0 Å². The van der Waals surface area contributed by atoms with Gasteiger partial charge in [-0.3, -0.25) is 37.3 Å². The van der Waals surface area contributed by atoms with E-state index in [0.29, 0.717) is 32.1 Å². The molecule has 0 saturated carbocycles. The van der Waals surface area contributed by atoms with Gasteiger partial charge in [-0.05, 0) is 122 Å². The van der Waals surface area contributed by atoms with E-state index in [9.17, 15) is 43.2 Å². The van der Waals surface area contributed by atoms with Gasteiger partial charge in [0.25, 0.3) is 0 Å². The maximum absolute atomic E-state index is 13.1. The van der Waals surface area contributed by atoms with E-state index >= 15 is 0 Å². The van der Waals surface area contributed by atoms with Crippen molar-refractivity contribution in [1.82, 2.24) is 0 Å². The van der Waals surface area contributed by atoms with Crippen LogP contribution in [-0.2, 0) is 65.4 Å². The second-order valence-electron chi connectivity index (χ2n) is 25.9. The van der Waals surface area contributed by atoms with Gasteiger partial charge in [-0.2, -0.15) is 0 Å². The Morgan fingerprint density at radius 3 is 0.847 bits per heavy atom. The summed E-state index contributed by atoms with van der Waals surface area (Å²) in [6.07, 6.45) is 72.9. The smallest absolute Gasteiger partial charge is 0.462 e. The number of hydrogen-bond donors (Lipinski definition) is 3. The molecule has 98 heavy (non-hydrogen) atoms. The molecule has 568 valence electrons. The highest BCUT2D eigenvalue weighted by molar-refractivity contribution is 7.47. The van der Waals surface area contributed by atoms with Crippen molar-refractivity contribution in [3.05, 3.63) is 85.1 Å². The molecule has 19 heteroatoms. The number of aliphatic hydroxyl groups excluding tert-OH is 1. The zero-order valence-electron chi connectivity index (χ0n) is 62.0. The molecule has 0 rings (SSSR count). The maximum atomic E-state index is 13.1. The molecule has 0 aromatic rings. The highest BCUT2D eigenvalue weighted by atomic mass is 31.2. The molecule has 0 bridgehead atoms. The first-order valence-electron chi connectivity index (χ1n) is 38.8. The van der Waals surface area contributed by atoms with Crippen LogP contribution in [0.5, 0.6) is 0 Å². The van der Waals surface area contributed by atoms with Gasteiger partial charge in [-0.15, -0.1) is 0 Å². The first-order chi connectivity index (χ1) is 47.7. The molecule has 0 aliphatic rings. The van der Waals surface area contributed by atoms with Gasteiger partial charge in [0.15, 0.2) is 12.2 Å². The molecule has 0 fully saturated rings. The van der Waals surface area contributed by atoms with Crippen LogP contribution >= 0.6 is 15.6 Å². The lowest BCUT2D eigenvalue weighted by molar-refractivity contribution is -0.161. The minimum Gasteiger partial charge on any atom is -0.462 e. The second kappa shape index (κ2) is 71.6. The number of phosphoric ester groups is 2. The molecule has 3 N–H and O–H groups in total. The van der Waals surface area contributed by atoms with E-state index in [1.165, 1.54) is 122 Å². The quantitative estimate of drug-likeness (QED) is 0.0169. The Morgan fingerprint density at radius 2 is 0.510 bits per heavy atom. The van der Waals surface area contributed by atoms with Gasteiger partial charge in [0, 0.05) is 25.7 Å². The van der Waals surface area contributed by atoms with E-state index in [4.69, 9.17) is 37.0 Å². The summed E-state index contributed by atoms with van der Waals surface area (Å²) in [5.74, 6) is -2.25. The monoisotopic (exact) mass is 1420 g/mol. The lowest BCUT2D eigenvalue weighted by Gasteiger charge is -2.21. The second-order valence-corrected chi connectivity index (χ2v) is 28.9. The molecule has 0 radical (unpaired) electrons. The van der Waals surface area contributed by atoms with Crippen LogP contribution in [0.3, 0.4) is 0 Å². The van der Waals surface area contributed by atoms with E-state index in [1.54, 1.807) is 0 Å². The van der Waals surface area contributed by atoms with Gasteiger partial charge in [-0.25, -0.2) is 9.13 Å². The number of ether oxygens (including phenoxy) is 4. The summed E-state index contributed by atoms with van der Waals surface area (Å²) >= 11 is 0. The summed E-state index contributed by atoms with van der Waals surface area (Å²) in [5.41, 5.74) is 0. The molecule has 2 unspecified atom stereocenters. The summed E-state index contributed by atoms with van der Waals surface area (Å²) in [5, 5.41) is 10.6. The topological polar surface area (TPSA) is 237 Å². The number of unbranched alkanes of at least 4 members (excludes halogenated alkanes) is 33. The van der Waals surface area contributed by atoms with Crippen LogP contribution in [0.1, 0.15) is 336 Å². The van der Waals surface area contributed by atoms with Crippen LogP contribution in [0.2, 0.25) is 0 Å². The van der Waals surface area contributed by atoms with Crippen molar-refractivity contribution >= 4 is 39.5 Å². The lowest BCUT2D eigenvalue weighted by Crippen LogP contribution is -2.30. The Hall–Kier alpha value is -3.76. The van der Waals surface area contributed by atoms with Crippen LogP contribution in [0.25, 0.3) is 0 Å². The molecule has 0 saturated heterocycles. The maximum Gasteiger partial charge on any atom is 0.472 e. The Labute approximate surface area is 595 Å². The Kier molecular flexibility index (Phi) is 68.9. The Balaban J connectivity index is 5.39. The van der Waals surface area contributed by atoms with Gasteiger partial charge in [-0.1, -0.05) is 273 Å². The van der Waals surface area contributed by atoms with Gasteiger partial charge < -0.3 is 33.8 Å². The first kappa shape index (κ1) is 94.2. The van der Waals surface area contributed by atoms with Gasteiger partial charge in [0.05, 0.1) is 26.4 Å². The number of phosphoric acid groups is 2. The van der Waals surface area contributed by atoms with E-state index in [0.717, 1.165) is 128 Å². The number of aliphatic hydroxyl groups is 1. The third-order valence-corrected chi connectivity index (χ3v) is 18.2. The van der Waals surface area contributed by atoms with Gasteiger partial charge in [0.1, 0.15) is 19.3 Å². The number of rotatable bonds is 73. The average molecular weight is 1420 g/mol. The standard InChI is InChI=1S/C79H140O17P2/c1-5-9-13-17-21-25-29-33-35-36-38-41-44-48-52-56-60-64-77(82)90-70-74(95-78(83)65-61-57-53-49-45-40-32-28-24-20-16-12-8-4)71-93-97(85,86)91-67-73(80)68-92-98(87,88)94-72-75(69-89-76(81)63-59-55-51-47-43-39-31-27-23-19-15-11-7-3)96-79(84)66-62-58-54-50-46-42-37-34-30-26-22-18-14-10-6-2/h21-22,25-26,28,32-35,37-38,41,48,52,73-75,80H,5-20,23-24,27,29-31,36,39-40,42-47,49-51,53-72H2,1-4H3,(H,85,86)(H,87,88)/b25-21-,26-22-,32-28-,35-33-,37-34-,41-38-,52-48-/t73-,74-,75-/m1/s1. The highest BCUT2D eigenvalue weighted by Crippen LogP contribution is 2.45. The van der Waals surface area contributed by atoms with Crippen molar-refractivity contribution in [2.75, 3.05) is 39.6 Å². The molecule has 0 aliphatic carbocycles. The number of carbonyl (C=O) groups excluding carboxylic acids is 4. The minimum absolute atomic E-state index is 0.0743. The summed E-state index contributed by atoms with van der Waals surface area (Å²) in [6.45, 7) is 4.75. The SMILES string of the molecule is CCCCC/C=C\C/C=C\C/C=C\C/C=C\CCCC(=O)OC[C@H](COP(=O)(O)OC[C@@H](O)COP(=O)(O)OC[C@@H](COC(=O)CCCCCCCCCCCCCCC)OC(=O)CCCCCCC/C=C\C/C=C\CCCCC)OC(=O)CCCCCCC/C=C\CCCCCC. The van der Waals surface area contributed by atoms with E-state index in [1.807, 2.05) is 12.2 Å². The molecular formula is C79H140O17P2. The Bertz CT molecular complexity index is 2190. The van der Waals surface area contributed by atoms with Crippen molar-refractivity contribution in [1.29, 1.82) is 0 Å². The van der Waals surface area contributed by atoms with Crippen molar-refractivity contribution in [3.63, 3.8) is 0 Å². The normalized spacial score (nSPS) is 14.4. The molecule has 0 heterocycles. The molecule has 17 nitrogen and oxygen atoms in total. The lowest BCUT2D eigenvalue weighted by atomic mass is 10.0. The number of allylic oxidation sites excluding steroid dienone is 14. The molecule has 0 aromatic heterocycles. The van der Waals surface area contributed by atoms with E-state index in [2.05, 4.69) is 101 Å². The largest absolute Gasteiger partial charge is 0.472 e. The van der Waals surface area contributed by atoms with Crippen molar-refractivity contribution in [3.8, 4) is 0 Å². The zero-order valence-corrected chi connectivity index (χ0v) is 63.7. The van der Waals surface area contributed by atoms with Crippen LogP contribution in [0, 0.1) is 0 Å². The van der Waals surface area contributed by atoms with E-state index in [-0.39, 0.29) is 25.7 Å². The van der Waals surface area contributed by atoms with E-state index < -0.39 is 97.5 Å². The highest BCUT2D eigenvalue weighted by Gasteiger charge is 2.30. The minimum atomic E-state index is -4.98. The summed E-state index contributed by atoms with van der Waals surface area (Å²) in [7, 11) is -9.96. The zero-order chi connectivity index (χ0) is 71.8. The Morgan fingerprint density at radius 1 is 0.286 bits per heavy atom. The van der Waals surface area contributed by atoms with Crippen LogP contribution < -0.4 is 0 Å². The molecule has 0 amide bonds.